The second kappa shape index (κ2) is 12.6. The number of benzene rings is 2. The van der Waals surface area contributed by atoms with E-state index in [0.29, 0.717) is 35.6 Å². The Bertz CT molecular complexity index is 1560. The lowest BCUT2D eigenvalue weighted by molar-refractivity contribution is -0.122. The van der Waals surface area contributed by atoms with Crippen molar-refractivity contribution in [3.8, 4) is 11.5 Å². The van der Waals surface area contributed by atoms with E-state index in [1.54, 1.807) is 17.7 Å². The molecule has 2 N–H and O–H groups in total. The maximum absolute atomic E-state index is 12.5. The van der Waals surface area contributed by atoms with Crippen LogP contribution in [0.15, 0.2) is 60.2 Å². The number of ether oxygens (including phenoxy) is 1. The first-order chi connectivity index (χ1) is 20.0. The summed E-state index contributed by atoms with van der Waals surface area (Å²) in [6.07, 6.45) is 10.4. The van der Waals surface area contributed by atoms with Gasteiger partial charge in [0.1, 0.15) is 23.6 Å². The Balaban J connectivity index is 1.05. The van der Waals surface area contributed by atoms with Crippen molar-refractivity contribution < 1.29 is 9.53 Å². The van der Waals surface area contributed by atoms with Gasteiger partial charge in [-0.15, -0.1) is 11.3 Å². The molecule has 2 aromatic carbocycles. The maximum Gasteiger partial charge on any atom is 0.220 e. The summed E-state index contributed by atoms with van der Waals surface area (Å²) < 4.78 is 7.25. The Morgan fingerprint density at radius 2 is 2.02 bits per heavy atom. The van der Waals surface area contributed by atoms with Gasteiger partial charge in [-0.3, -0.25) is 4.79 Å². The predicted molar refractivity (Wildman–Crippen MR) is 167 cm³/mol. The number of anilines is 2. The van der Waals surface area contributed by atoms with E-state index in [-0.39, 0.29) is 5.91 Å². The molecular weight excluding hydrogens is 554 g/mol. The number of carbonyl (C=O) groups is 1. The smallest absolute Gasteiger partial charge is 0.220 e. The summed E-state index contributed by atoms with van der Waals surface area (Å²) in [4.78, 5) is 23.8. The van der Waals surface area contributed by atoms with Crippen LogP contribution in [0.25, 0.3) is 16.2 Å². The van der Waals surface area contributed by atoms with Crippen LogP contribution >= 0.6 is 22.9 Å². The Morgan fingerprint density at radius 1 is 1.15 bits per heavy atom. The van der Waals surface area contributed by atoms with Gasteiger partial charge in [0.15, 0.2) is 0 Å². The van der Waals surface area contributed by atoms with Gasteiger partial charge in [-0.2, -0.15) is 0 Å². The Hall–Kier alpha value is -3.46. The van der Waals surface area contributed by atoms with Crippen molar-refractivity contribution in [3.05, 3.63) is 76.5 Å². The number of amides is 1. The van der Waals surface area contributed by atoms with Crippen molar-refractivity contribution in [2.45, 2.75) is 32.1 Å². The van der Waals surface area contributed by atoms with Gasteiger partial charge in [-0.1, -0.05) is 17.7 Å². The molecule has 41 heavy (non-hydrogen) atoms. The maximum atomic E-state index is 12.5. The lowest BCUT2D eigenvalue weighted by Gasteiger charge is -2.28. The highest BCUT2D eigenvalue weighted by Crippen LogP contribution is 2.36. The molecule has 4 aromatic rings. The topological polar surface area (TPSA) is 79.4 Å². The number of hydrogen-bond donors (Lipinski definition) is 2. The number of rotatable bonds is 9. The van der Waals surface area contributed by atoms with E-state index in [0.717, 1.165) is 67.3 Å². The van der Waals surface area contributed by atoms with Crippen molar-refractivity contribution >= 4 is 56.5 Å². The van der Waals surface area contributed by atoms with Crippen LogP contribution in [0.2, 0.25) is 5.02 Å². The van der Waals surface area contributed by atoms with Gasteiger partial charge in [-0.25, -0.2) is 9.97 Å². The van der Waals surface area contributed by atoms with Gasteiger partial charge in [0.2, 0.25) is 5.91 Å². The van der Waals surface area contributed by atoms with Gasteiger partial charge in [0.05, 0.1) is 10.7 Å². The number of likely N-dealkylation sites (tertiary alicyclic amines) is 1. The van der Waals surface area contributed by atoms with Gasteiger partial charge in [0.25, 0.3) is 0 Å². The molecule has 0 spiro atoms. The molecule has 1 unspecified atom stereocenters. The lowest BCUT2D eigenvalue weighted by Crippen LogP contribution is -2.34. The van der Waals surface area contributed by atoms with E-state index >= 15 is 0 Å². The quantitative estimate of drug-likeness (QED) is 0.214. The molecule has 9 heteroatoms. The average molecular weight is 588 g/mol. The summed E-state index contributed by atoms with van der Waals surface area (Å²) in [5, 5.41) is 10.4. The van der Waals surface area contributed by atoms with Crippen LogP contribution in [0, 0.1) is 11.8 Å². The van der Waals surface area contributed by atoms with Crippen LogP contribution in [0.3, 0.4) is 0 Å². The lowest BCUT2D eigenvalue weighted by atomic mass is 9.90. The Morgan fingerprint density at radius 3 is 2.88 bits per heavy atom. The van der Waals surface area contributed by atoms with E-state index < -0.39 is 0 Å². The number of thiophene rings is 1. The fourth-order valence-corrected chi connectivity index (χ4v) is 6.59. The molecule has 1 fully saturated rings. The molecule has 2 aliphatic rings. The molecule has 7 nitrogen and oxygen atoms in total. The molecule has 6 rings (SSSR count). The second-order valence-corrected chi connectivity index (χ2v) is 12.3. The van der Waals surface area contributed by atoms with E-state index in [2.05, 4.69) is 62.2 Å². The van der Waals surface area contributed by atoms with E-state index in [4.69, 9.17) is 16.3 Å². The average Bonchev–Trinajstić information content (AvgIpc) is 3.44. The second-order valence-electron chi connectivity index (χ2n) is 11.0. The SMILES string of the molecule is CN1CCC(CC(=O)NCCC2C=Cc3ncnc(Nc4ccc(Oc5ccc6ccsc6c5)c(Cl)c4)c3C2)CC1. The molecule has 2 aromatic heterocycles. The molecule has 1 aliphatic heterocycles. The number of nitrogens with one attached hydrogen (secondary N) is 2. The molecule has 0 bridgehead atoms. The van der Waals surface area contributed by atoms with Gasteiger partial charge in [0, 0.05) is 28.9 Å². The van der Waals surface area contributed by atoms with Crippen LogP contribution in [0.1, 0.15) is 36.9 Å². The summed E-state index contributed by atoms with van der Waals surface area (Å²) in [5.74, 6) is 3.09. The standard InChI is InChI=1S/C32H34ClN5O2S/c1-38-13-9-22(10-14-38)17-31(39)34-12-8-21-2-6-28-26(16-21)32(36-20-35-28)37-24-4-7-29(27(33)18-24)40-25-5-3-23-11-15-41-30(23)19-25/h2-7,11,15,18-22H,8-10,12-14,16-17H2,1H3,(H,34,39)(H,35,36,37). The number of fused-ring (bicyclic) bond motifs is 2. The van der Waals surface area contributed by atoms with E-state index in [1.165, 1.54) is 10.1 Å². The van der Waals surface area contributed by atoms with Crippen molar-refractivity contribution in [1.82, 2.24) is 20.2 Å². The highest BCUT2D eigenvalue weighted by Gasteiger charge is 2.21. The Kier molecular flexibility index (Phi) is 8.51. The van der Waals surface area contributed by atoms with Gasteiger partial charge in [-0.05, 0) is 117 Å². The first-order valence-electron chi connectivity index (χ1n) is 14.2. The zero-order valence-electron chi connectivity index (χ0n) is 23.1. The highest BCUT2D eigenvalue weighted by molar-refractivity contribution is 7.17. The van der Waals surface area contributed by atoms with Gasteiger partial charge >= 0.3 is 0 Å². The van der Waals surface area contributed by atoms with Crippen LogP contribution in [0.4, 0.5) is 11.5 Å². The van der Waals surface area contributed by atoms with E-state index in [9.17, 15) is 4.79 Å². The number of nitrogens with zero attached hydrogens (tertiary/aromatic N) is 3. The summed E-state index contributed by atoms with van der Waals surface area (Å²) in [5.41, 5.74) is 2.81. The first-order valence-corrected chi connectivity index (χ1v) is 15.4. The van der Waals surface area contributed by atoms with Crippen LogP contribution in [-0.2, 0) is 11.2 Å². The largest absolute Gasteiger partial charge is 0.456 e. The third kappa shape index (κ3) is 6.89. The zero-order valence-corrected chi connectivity index (χ0v) is 24.7. The highest BCUT2D eigenvalue weighted by atomic mass is 35.5. The minimum Gasteiger partial charge on any atom is -0.456 e. The number of halogens is 1. The van der Waals surface area contributed by atoms with Gasteiger partial charge < -0.3 is 20.3 Å². The number of piperidine rings is 1. The third-order valence-corrected chi connectivity index (χ3v) is 9.15. The van der Waals surface area contributed by atoms with Crippen molar-refractivity contribution in [1.29, 1.82) is 0 Å². The molecule has 1 amide bonds. The van der Waals surface area contributed by atoms with Crippen LogP contribution in [0.5, 0.6) is 11.5 Å². The Labute approximate surface area is 249 Å². The predicted octanol–water partition coefficient (Wildman–Crippen LogP) is 7.30. The number of hydrogen-bond acceptors (Lipinski definition) is 7. The zero-order chi connectivity index (χ0) is 28.2. The minimum atomic E-state index is 0.168. The number of aromatic nitrogens is 2. The molecule has 212 valence electrons. The number of allylic oxidation sites excluding steroid dienone is 1. The molecule has 1 saturated heterocycles. The van der Waals surface area contributed by atoms with Crippen LogP contribution < -0.4 is 15.4 Å². The summed E-state index contributed by atoms with van der Waals surface area (Å²) in [6.45, 7) is 2.83. The molecular formula is C32H34ClN5O2S. The molecule has 1 atom stereocenters. The fraction of sp³-hybridized carbons (Fsp3) is 0.344. The number of carbonyl (C=O) groups excluding carboxylic acids is 1. The van der Waals surface area contributed by atoms with Crippen molar-refractivity contribution in [3.63, 3.8) is 0 Å². The summed E-state index contributed by atoms with van der Waals surface area (Å²) >= 11 is 8.30. The monoisotopic (exact) mass is 587 g/mol. The summed E-state index contributed by atoms with van der Waals surface area (Å²) in [6, 6.07) is 13.8. The van der Waals surface area contributed by atoms with Crippen molar-refractivity contribution in [2.24, 2.45) is 11.8 Å². The molecule has 0 saturated carbocycles. The normalized spacial score (nSPS) is 17.4. The minimum absolute atomic E-state index is 0.168. The first kappa shape index (κ1) is 27.7. The molecule has 1 aliphatic carbocycles. The molecule has 3 heterocycles. The van der Waals surface area contributed by atoms with E-state index in [1.807, 2.05) is 30.3 Å². The van der Waals surface area contributed by atoms with Crippen LogP contribution in [-0.4, -0.2) is 47.5 Å². The van der Waals surface area contributed by atoms with Crippen molar-refractivity contribution in [2.75, 3.05) is 32.0 Å². The fourth-order valence-electron chi connectivity index (χ4n) is 5.56. The summed E-state index contributed by atoms with van der Waals surface area (Å²) in [7, 11) is 2.15. The third-order valence-electron chi connectivity index (χ3n) is 7.97. The molecule has 0 radical (unpaired) electrons.